The molecule has 0 amide bonds. The second-order valence-electron chi connectivity index (χ2n) is 6.31. The van der Waals surface area contributed by atoms with Gasteiger partial charge in [0.05, 0.1) is 12.9 Å². The van der Waals surface area contributed by atoms with Crippen LogP contribution in [0, 0.1) is 0 Å². The van der Waals surface area contributed by atoms with Gasteiger partial charge in [0.25, 0.3) is 0 Å². The van der Waals surface area contributed by atoms with E-state index in [1.54, 1.807) is 0 Å². The van der Waals surface area contributed by atoms with E-state index in [2.05, 4.69) is 15.0 Å². The number of carboxylic acid groups (broad SMARTS) is 2. The van der Waals surface area contributed by atoms with Crippen LogP contribution in [-0.2, 0) is 14.3 Å². The Morgan fingerprint density at radius 2 is 1.69 bits per heavy atom. The summed E-state index contributed by atoms with van der Waals surface area (Å²) in [5.41, 5.74) is 6.44. The van der Waals surface area contributed by atoms with E-state index in [0.717, 1.165) is 0 Å². The highest BCUT2D eigenvalue weighted by Gasteiger charge is 2.43. The number of nitrogens with two attached hydrogens (primary N) is 1. The van der Waals surface area contributed by atoms with Crippen molar-refractivity contribution >= 4 is 28.9 Å². The van der Waals surface area contributed by atoms with E-state index < -0.39 is 43.1 Å². The highest BCUT2D eigenvalue weighted by molar-refractivity contribution is 5.81. The fourth-order valence-electron chi connectivity index (χ4n) is 2.72. The average Bonchev–Trinajstić information content (AvgIpc) is 3.22. The average molecular weight is 413 g/mol. The van der Waals surface area contributed by atoms with Crippen molar-refractivity contribution in [1.29, 1.82) is 0 Å². The molecule has 1 aliphatic rings. The van der Waals surface area contributed by atoms with Gasteiger partial charge in [-0.15, -0.1) is 0 Å². The fourth-order valence-corrected chi connectivity index (χ4v) is 2.72. The van der Waals surface area contributed by atoms with Crippen LogP contribution in [0.15, 0.2) is 12.7 Å². The van der Waals surface area contributed by atoms with Gasteiger partial charge in [-0.1, -0.05) is 0 Å². The lowest BCUT2D eigenvalue weighted by atomic mass is 10.1. The number of rotatable bonds is 7. The number of ether oxygens (including phenoxy) is 1. The molecule has 3 heterocycles. The van der Waals surface area contributed by atoms with Crippen LogP contribution in [-0.4, -0.2) is 81.9 Å². The first-order valence-electron chi connectivity index (χ1n) is 8.75. The summed E-state index contributed by atoms with van der Waals surface area (Å²) in [5, 5.41) is 45.0. The van der Waals surface area contributed by atoms with Crippen molar-refractivity contribution in [2.24, 2.45) is 0 Å². The van der Waals surface area contributed by atoms with Crippen LogP contribution in [0.25, 0.3) is 11.2 Å². The summed E-state index contributed by atoms with van der Waals surface area (Å²) in [4.78, 5) is 31.7. The molecule has 0 aliphatic carbocycles. The molecule has 1 aliphatic heterocycles. The number of aliphatic hydroxyl groups is 3. The van der Waals surface area contributed by atoms with Crippen molar-refractivity contribution in [3.63, 3.8) is 0 Å². The molecule has 0 radical (unpaired) electrons. The molecule has 0 spiro atoms. The lowest BCUT2D eigenvalue weighted by Gasteiger charge is -2.16. The highest BCUT2D eigenvalue weighted by atomic mass is 16.6. The smallest absolute Gasteiger partial charge is 0.303 e. The van der Waals surface area contributed by atoms with E-state index in [1.807, 2.05) is 0 Å². The number of nitrogen functional groups attached to an aromatic ring is 1. The van der Waals surface area contributed by atoms with Gasteiger partial charge in [0.1, 0.15) is 30.2 Å². The van der Waals surface area contributed by atoms with Crippen LogP contribution in [0.5, 0.6) is 0 Å². The van der Waals surface area contributed by atoms with Gasteiger partial charge < -0.3 is 36.0 Å². The molecule has 0 saturated carbocycles. The monoisotopic (exact) mass is 413 g/mol. The van der Waals surface area contributed by atoms with Gasteiger partial charge >= 0.3 is 11.9 Å². The van der Waals surface area contributed by atoms with Gasteiger partial charge in [0.2, 0.25) is 0 Å². The molecular weight excluding hydrogens is 390 g/mol. The molecule has 13 nitrogen and oxygen atoms in total. The minimum Gasteiger partial charge on any atom is -0.481 e. The molecular formula is C16H23N5O8. The predicted molar refractivity (Wildman–Crippen MR) is 96.5 cm³/mol. The standard InChI is InChI=1S/C10H13N5O4.C6H10O4/c11-8-5-9(13-2-12-8)15(3-14-5)10-7(18)6(17)4(1-16)19-10;7-5(8)3-1-2-4-6(9)10/h2-4,6-7,10,16-18H,1H2,(H2,11,12,13);1-4H2,(H,7,8)(H,9,10)/t4-,6-,7-,10-;/m1./s1. The fraction of sp³-hybridized carbons (Fsp3) is 0.562. The van der Waals surface area contributed by atoms with E-state index in [1.165, 1.54) is 17.2 Å². The number of aliphatic hydroxyl groups excluding tert-OH is 3. The number of aromatic nitrogens is 4. The number of hydrogen-bond acceptors (Lipinski definition) is 10. The largest absolute Gasteiger partial charge is 0.481 e. The molecule has 0 bridgehead atoms. The van der Waals surface area contributed by atoms with E-state index in [0.29, 0.717) is 24.0 Å². The first kappa shape index (κ1) is 22.4. The van der Waals surface area contributed by atoms with Crippen molar-refractivity contribution in [3.8, 4) is 0 Å². The molecule has 2 aromatic rings. The van der Waals surface area contributed by atoms with E-state index in [4.69, 9.17) is 25.8 Å². The molecule has 3 rings (SSSR count). The van der Waals surface area contributed by atoms with Crippen LogP contribution in [0.2, 0.25) is 0 Å². The Hall–Kier alpha value is -2.87. The highest BCUT2D eigenvalue weighted by Crippen LogP contribution is 2.31. The number of imidazole rings is 1. The van der Waals surface area contributed by atoms with E-state index in [-0.39, 0.29) is 18.7 Å². The normalized spacial score (nSPS) is 23.6. The number of anilines is 1. The Bertz CT molecular complexity index is 828. The zero-order valence-electron chi connectivity index (χ0n) is 15.3. The summed E-state index contributed by atoms with van der Waals surface area (Å²) in [6.45, 7) is -0.390. The van der Waals surface area contributed by atoms with Crippen molar-refractivity contribution < 1.29 is 39.9 Å². The summed E-state index contributed by atoms with van der Waals surface area (Å²) in [7, 11) is 0. The van der Waals surface area contributed by atoms with E-state index >= 15 is 0 Å². The molecule has 1 saturated heterocycles. The zero-order valence-corrected chi connectivity index (χ0v) is 15.3. The number of carbonyl (C=O) groups is 2. The summed E-state index contributed by atoms with van der Waals surface area (Å²) in [5.74, 6) is -1.52. The SMILES string of the molecule is Nc1ncnc2c1ncn2[C@@H]1O[C@H](CO)[C@@H](O)[C@H]1O.O=C(O)CCCCC(=O)O. The Labute approximate surface area is 164 Å². The maximum absolute atomic E-state index is 9.95. The minimum absolute atomic E-state index is 0.0628. The van der Waals surface area contributed by atoms with Crippen LogP contribution in [0.3, 0.4) is 0 Å². The van der Waals surface area contributed by atoms with Crippen molar-refractivity contribution in [1.82, 2.24) is 19.5 Å². The van der Waals surface area contributed by atoms with Crippen LogP contribution >= 0.6 is 0 Å². The molecule has 0 aromatic carbocycles. The Morgan fingerprint density at radius 3 is 2.21 bits per heavy atom. The molecule has 0 unspecified atom stereocenters. The maximum atomic E-state index is 9.95. The Kier molecular flexibility index (Phi) is 7.78. The summed E-state index contributed by atoms with van der Waals surface area (Å²) in [6, 6.07) is 0. The quantitative estimate of drug-likeness (QED) is 0.293. The van der Waals surface area contributed by atoms with Gasteiger partial charge in [-0.05, 0) is 12.8 Å². The third-order valence-corrected chi connectivity index (χ3v) is 4.21. The number of unbranched alkanes of at least 4 members (excludes halogenated alkanes) is 1. The zero-order chi connectivity index (χ0) is 21.6. The van der Waals surface area contributed by atoms with Gasteiger partial charge in [0, 0.05) is 12.8 Å². The lowest BCUT2D eigenvalue weighted by Crippen LogP contribution is -2.33. The van der Waals surface area contributed by atoms with Gasteiger partial charge in [0.15, 0.2) is 17.7 Å². The third kappa shape index (κ3) is 5.57. The predicted octanol–water partition coefficient (Wildman–Crippen LogP) is -1.26. The van der Waals surface area contributed by atoms with Gasteiger partial charge in [-0.25, -0.2) is 15.0 Å². The molecule has 2 aromatic heterocycles. The minimum atomic E-state index is -1.19. The molecule has 13 heteroatoms. The molecule has 1 fully saturated rings. The number of nitrogens with zero attached hydrogens (tertiary/aromatic N) is 4. The Morgan fingerprint density at radius 1 is 1.07 bits per heavy atom. The van der Waals surface area contributed by atoms with Crippen molar-refractivity contribution in [2.45, 2.75) is 50.2 Å². The Balaban J connectivity index is 0.000000257. The number of carboxylic acids is 2. The number of hydrogen-bond donors (Lipinski definition) is 6. The second kappa shape index (κ2) is 10.1. The van der Waals surface area contributed by atoms with E-state index in [9.17, 15) is 19.8 Å². The number of aliphatic carboxylic acids is 2. The summed E-state index contributed by atoms with van der Waals surface area (Å²) >= 11 is 0. The molecule has 29 heavy (non-hydrogen) atoms. The first-order chi connectivity index (χ1) is 13.8. The molecule has 160 valence electrons. The van der Waals surface area contributed by atoms with Gasteiger partial charge in [-0.3, -0.25) is 14.2 Å². The second-order valence-corrected chi connectivity index (χ2v) is 6.31. The molecule has 4 atom stereocenters. The summed E-state index contributed by atoms with van der Waals surface area (Å²) in [6.07, 6.45) is -0.405. The van der Waals surface area contributed by atoms with Gasteiger partial charge in [-0.2, -0.15) is 0 Å². The topological polar surface area (TPSA) is 214 Å². The van der Waals surface area contributed by atoms with Crippen LogP contribution in [0.4, 0.5) is 5.82 Å². The lowest BCUT2D eigenvalue weighted by molar-refractivity contribution is -0.139. The first-order valence-corrected chi connectivity index (χ1v) is 8.75. The van der Waals surface area contributed by atoms with Crippen LogP contribution < -0.4 is 5.73 Å². The van der Waals surface area contributed by atoms with Crippen LogP contribution in [0.1, 0.15) is 31.9 Å². The third-order valence-electron chi connectivity index (χ3n) is 4.21. The summed E-state index contributed by atoms with van der Waals surface area (Å²) < 4.78 is 6.85. The maximum Gasteiger partial charge on any atom is 0.303 e. The molecule has 7 N–H and O–H groups in total. The number of fused-ring (bicyclic) bond motifs is 1. The van der Waals surface area contributed by atoms with Crippen molar-refractivity contribution in [2.75, 3.05) is 12.3 Å². The van der Waals surface area contributed by atoms with Crippen molar-refractivity contribution in [3.05, 3.63) is 12.7 Å².